The molecule has 8 heteroatoms. The monoisotopic (exact) mass is 418 g/mol. The van der Waals surface area contributed by atoms with E-state index in [9.17, 15) is 19.2 Å². The fourth-order valence-electron chi connectivity index (χ4n) is 3.85. The van der Waals surface area contributed by atoms with Gasteiger partial charge in [-0.3, -0.25) is 19.2 Å². The largest absolute Gasteiger partial charge is 0.325 e. The summed E-state index contributed by atoms with van der Waals surface area (Å²) in [5.41, 5.74) is 1.39. The smallest absolute Gasteiger partial charge is 0.261 e. The molecule has 0 saturated heterocycles. The van der Waals surface area contributed by atoms with Gasteiger partial charge in [-0.2, -0.15) is 0 Å². The Kier molecular flexibility index (Phi) is 4.93. The van der Waals surface area contributed by atoms with Gasteiger partial charge in [-0.15, -0.1) is 0 Å². The molecule has 2 heterocycles. The van der Waals surface area contributed by atoms with Crippen molar-refractivity contribution in [1.82, 2.24) is 15.0 Å². The Morgan fingerprint density at radius 2 is 1.84 bits per heavy atom. The third-order valence-corrected chi connectivity index (χ3v) is 5.23. The van der Waals surface area contributed by atoms with Crippen LogP contribution in [0, 0.1) is 12.3 Å². The average Bonchev–Trinajstić information content (AvgIpc) is 2.66. The van der Waals surface area contributed by atoms with Gasteiger partial charge in [0.25, 0.3) is 17.0 Å². The SMILES string of the molecule is Cc1cc(=O)[nH]c(-c2cccc(NC(=O)c3cc4c([nH]c3=O)CC(C)(C)CC4=O)c2)n1. The number of Topliss-reactive ketones (excluding diaryl/α,β-unsaturated/α-hetero) is 1. The first-order valence-electron chi connectivity index (χ1n) is 9.90. The highest BCUT2D eigenvalue weighted by Gasteiger charge is 2.32. The zero-order chi connectivity index (χ0) is 22.3. The summed E-state index contributed by atoms with van der Waals surface area (Å²) >= 11 is 0. The molecule has 0 saturated carbocycles. The van der Waals surface area contributed by atoms with Gasteiger partial charge in [0.1, 0.15) is 11.4 Å². The molecule has 0 aliphatic heterocycles. The van der Waals surface area contributed by atoms with Crippen molar-refractivity contribution in [3.63, 3.8) is 0 Å². The first kappa shape index (κ1) is 20.5. The predicted molar refractivity (Wildman–Crippen MR) is 116 cm³/mol. The average molecular weight is 418 g/mol. The molecular formula is C23H22N4O4. The lowest BCUT2D eigenvalue weighted by Crippen LogP contribution is -2.32. The van der Waals surface area contributed by atoms with Crippen LogP contribution in [-0.4, -0.2) is 26.6 Å². The number of H-pyrrole nitrogens is 2. The van der Waals surface area contributed by atoms with Crippen molar-refractivity contribution < 1.29 is 9.59 Å². The van der Waals surface area contributed by atoms with Gasteiger partial charge in [-0.25, -0.2) is 4.98 Å². The van der Waals surface area contributed by atoms with Crippen molar-refractivity contribution in [1.29, 1.82) is 0 Å². The number of rotatable bonds is 3. The van der Waals surface area contributed by atoms with Crippen LogP contribution in [0.15, 0.2) is 46.0 Å². The molecule has 1 aromatic carbocycles. The van der Waals surface area contributed by atoms with Gasteiger partial charge in [0.2, 0.25) is 0 Å². The van der Waals surface area contributed by atoms with Gasteiger partial charge in [-0.05, 0) is 37.0 Å². The predicted octanol–water partition coefficient (Wildman–Crippen LogP) is 2.84. The molecule has 0 spiro atoms. The van der Waals surface area contributed by atoms with Gasteiger partial charge in [0.05, 0.1) is 0 Å². The van der Waals surface area contributed by atoms with Crippen LogP contribution in [-0.2, 0) is 6.42 Å². The number of aromatic nitrogens is 3. The fourth-order valence-corrected chi connectivity index (χ4v) is 3.85. The molecular weight excluding hydrogens is 396 g/mol. The topological polar surface area (TPSA) is 125 Å². The van der Waals surface area contributed by atoms with E-state index in [2.05, 4.69) is 20.3 Å². The van der Waals surface area contributed by atoms with E-state index in [0.29, 0.717) is 46.9 Å². The minimum atomic E-state index is -0.621. The van der Waals surface area contributed by atoms with E-state index < -0.39 is 11.5 Å². The maximum absolute atomic E-state index is 12.8. The van der Waals surface area contributed by atoms with Crippen LogP contribution in [0.5, 0.6) is 0 Å². The van der Waals surface area contributed by atoms with Crippen LogP contribution in [0.1, 0.15) is 52.4 Å². The Labute approximate surface area is 177 Å². The van der Waals surface area contributed by atoms with Crippen molar-refractivity contribution >= 4 is 17.4 Å². The lowest BCUT2D eigenvalue weighted by Gasteiger charge is -2.29. The molecule has 1 aliphatic rings. The van der Waals surface area contributed by atoms with Crippen LogP contribution in [0.3, 0.4) is 0 Å². The molecule has 0 unspecified atom stereocenters. The fraction of sp³-hybridized carbons (Fsp3) is 0.261. The maximum atomic E-state index is 12.8. The molecule has 4 rings (SSSR count). The molecule has 31 heavy (non-hydrogen) atoms. The number of hydrogen-bond acceptors (Lipinski definition) is 5. The first-order chi connectivity index (χ1) is 14.6. The molecule has 0 fully saturated rings. The van der Waals surface area contributed by atoms with Crippen LogP contribution in [0.2, 0.25) is 0 Å². The second-order valence-electron chi connectivity index (χ2n) is 8.62. The number of fused-ring (bicyclic) bond motifs is 1. The highest BCUT2D eigenvalue weighted by molar-refractivity contribution is 6.07. The van der Waals surface area contributed by atoms with Crippen molar-refractivity contribution in [2.75, 3.05) is 5.32 Å². The molecule has 0 atom stereocenters. The van der Waals surface area contributed by atoms with Crippen molar-refractivity contribution in [2.24, 2.45) is 5.41 Å². The number of hydrogen-bond donors (Lipinski definition) is 3. The third-order valence-electron chi connectivity index (χ3n) is 5.23. The number of benzene rings is 1. The van der Waals surface area contributed by atoms with Crippen LogP contribution in [0.4, 0.5) is 5.69 Å². The normalized spacial score (nSPS) is 14.7. The van der Waals surface area contributed by atoms with E-state index in [1.807, 2.05) is 13.8 Å². The number of anilines is 1. The summed E-state index contributed by atoms with van der Waals surface area (Å²) in [6.07, 6.45) is 0.922. The molecule has 3 N–H and O–H groups in total. The quantitative estimate of drug-likeness (QED) is 0.603. The molecule has 1 amide bonds. The summed E-state index contributed by atoms with van der Waals surface area (Å²) in [7, 11) is 0. The van der Waals surface area contributed by atoms with Crippen LogP contribution in [0.25, 0.3) is 11.4 Å². The molecule has 2 aromatic heterocycles. The number of nitrogens with zero attached hydrogens (tertiary/aromatic N) is 1. The summed E-state index contributed by atoms with van der Waals surface area (Å²) in [4.78, 5) is 59.2. The highest BCUT2D eigenvalue weighted by Crippen LogP contribution is 2.33. The summed E-state index contributed by atoms with van der Waals surface area (Å²) in [6.45, 7) is 5.65. The number of amides is 1. The molecule has 158 valence electrons. The van der Waals surface area contributed by atoms with Crippen LogP contribution >= 0.6 is 0 Å². The van der Waals surface area contributed by atoms with Gasteiger partial charge >= 0.3 is 0 Å². The lowest BCUT2D eigenvalue weighted by atomic mass is 9.75. The Morgan fingerprint density at radius 3 is 2.58 bits per heavy atom. The summed E-state index contributed by atoms with van der Waals surface area (Å²) in [6, 6.07) is 9.53. The number of ketones is 1. The molecule has 0 bridgehead atoms. The van der Waals surface area contributed by atoms with Crippen LogP contribution < -0.4 is 16.4 Å². The van der Waals surface area contributed by atoms with Gasteiger partial charge in [0.15, 0.2) is 5.78 Å². The second kappa shape index (κ2) is 7.46. The van der Waals surface area contributed by atoms with Crippen molar-refractivity contribution in [3.05, 3.63) is 79.6 Å². The maximum Gasteiger partial charge on any atom is 0.261 e. The highest BCUT2D eigenvalue weighted by atomic mass is 16.2. The summed E-state index contributed by atoms with van der Waals surface area (Å²) in [5.74, 6) is -0.335. The van der Waals surface area contributed by atoms with E-state index in [0.717, 1.165) is 0 Å². The van der Waals surface area contributed by atoms with E-state index in [1.165, 1.54) is 12.1 Å². The van der Waals surface area contributed by atoms with Crippen molar-refractivity contribution in [3.8, 4) is 11.4 Å². The summed E-state index contributed by atoms with van der Waals surface area (Å²) in [5, 5.41) is 2.69. The Hall–Kier alpha value is -3.81. The number of aryl methyl sites for hydroxylation is 1. The Morgan fingerprint density at radius 1 is 1.06 bits per heavy atom. The van der Waals surface area contributed by atoms with Crippen molar-refractivity contribution in [2.45, 2.75) is 33.6 Å². The number of carbonyl (C=O) groups is 2. The second-order valence-corrected chi connectivity index (χ2v) is 8.62. The van der Waals surface area contributed by atoms with E-state index in [4.69, 9.17) is 0 Å². The van der Waals surface area contributed by atoms with Gasteiger partial charge < -0.3 is 15.3 Å². The van der Waals surface area contributed by atoms with Gasteiger partial charge in [-0.1, -0.05) is 26.0 Å². The molecule has 8 nitrogen and oxygen atoms in total. The molecule has 1 aliphatic carbocycles. The Balaban J connectivity index is 1.64. The summed E-state index contributed by atoms with van der Waals surface area (Å²) < 4.78 is 0. The van der Waals surface area contributed by atoms with E-state index in [1.54, 1.807) is 31.2 Å². The first-order valence-corrected chi connectivity index (χ1v) is 9.90. The number of nitrogens with one attached hydrogen (secondary N) is 3. The third kappa shape index (κ3) is 4.23. The van der Waals surface area contributed by atoms with Gasteiger partial charge in [0, 0.05) is 40.7 Å². The molecule has 0 radical (unpaired) electrons. The number of aromatic amines is 2. The van der Waals surface area contributed by atoms with E-state index in [-0.39, 0.29) is 22.3 Å². The standard InChI is InChI=1S/C23H22N4O4/c1-12-7-19(29)27-20(24-12)13-5-4-6-14(8-13)25-21(30)16-9-15-17(26-22(16)31)10-23(2,3)11-18(15)28/h4-9H,10-11H2,1-3H3,(H,25,30)(H,26,31)(H,24,27,29). The zero-order valence-electron chi connectivity index (χ0n) is 17.5. The number of carbonyl (C=O) groups excluding carboxylic acids is 2. The molecule has 3 aromatic rings. The zero-order valence-corrected chi connectivity index (χ0v) is 17.5. The lowest BCUT2D eigenvalue weighted by molar-refractivity contribution is 0.0910. The minimum Gasteiger partial charge on any atom is -0.325 e. The minimum absolute atomic E-state index is 0.0898. The van der Waals surface area contributed by atoms with E-state index >= 15 is 0 Å². The Bertz CT molecular complexity index is 1330. The number of pyridine rings is 1.